The zero-order chi connectivity index (χ0) is 27.5. The Bertz CT molecular complexity index is 1470. The van der Waals surface area contributed by atoms with E-state index in [4.69, 9.17) is 8.83 Å². The van der Waals surface area contributed by atoms with Crippen LogP contribution in [0.1, 0.15) is 80.2 Å². The summed E-state index contributed by atoms with van der Waals surface area (Å²) < 4.78 is 11.7. The topological polar surface area (TPSA) is 130 Å². The van der Waals surface area contributed by atoms with Gasteiger partial charge in [-0.3, -0.25) is 9.59 Å². The van der Waals surface area contributed by atoms with Gasteiger partial charge in [-0.1, -0.05) is 6.42 Å². The fraction of sp³-hybridized carbons (Fsp3) is 0.533. The van der Waals surface area contributed by atoms with Crippen LogP contribution in [0.5, 0.6) is 0 Å². The Hall–Kier alpha value is -3.62. The molecule has 9 nitrogen and oxygen atoms in total. The number of carbonyl (C=O) groups is 3. The van der Waals surface area contributed by atoms with Crippen LogP contribution in [0.15, 0.2) is 25.8 Å². The summed E-state index contributed by atoms with van der Waals surface area (Å²) >= 11 is 0. The maximum Gasteiger partial charge on any atom is 0.339 e. The minimum atomic E-state index is -0.936. The van der Waals surface area contributed by atoms with Crippen LogP contribution in [-0.4, -0.2) is 46.9 Å². The minimum Gasteiger partial charge on any atom is -0.480 e. The summed E-state index contributed by atoms with van der Waals surface area (Å²) in [6.45, 7) is 2.91. The Kier molecular flexibility index (Phi) is 8.04. The highest BCUT2D eigenvalue weighted by atomic mass is 16.4. The molecule has 2 amide bonds. The summed E-state index contributed by atoms with van der Waals surface area (Å²) in [5, 5.41) is 14.1. The van der Waals surface area contributed by atoms with Gasteiger partial charge in [-0.05, 0) is 69.9 Å². The molecule has 3 heterocycles. The number of fused-ring (bicyclic) bond motifs is 4. The molecule has 39 heavy (non-hydrogen) atoms. The van der Waals surface area contributed by atoms with Crippen molar-refractivity contribution in [1.29, 1.82) is 0 Å². The number of benzene rings is 1. The van der Waals surface area contributed by atoms with Gasteiger partial charge in [0.25, 0.3) is 0 Å². The van der Waals surface area contributed by atoms with Gasteiger partial charge in [0.1, 0.15) is 23.0 Å². The minimum absolute atomic E-state index is 0.109. The molecule has 0 saturated carbocycles. The van der Waals surface area contributed by atoms with Gasteiger partial charge < -0.3 is 24.2 Å². The molecule has 3 aromatic rings. The first-order valence-electron chi connectivity index (χ1n) is 14.1. The van der Waals surface area contributed by atoms with Crippen LogP contribution in [0.4, 0.5) is 0 Å². The third-order valence-electron chi connectivity index (χ3n) is 8.21. The number of furan rings is 1. The predicted molar refractivity (Wildman–Crippen MR) is 146 cm³/mol. The molecular weight excluding hydrogens is 500 g/mol. The number of unbranched alkanes of at least 4 members (excludes halogenated alkanes) is 2. The largest absolute Gasteiger partial charge is 0.480 e. The molecule has 1 aliphatic carbocycles. The first-order chi connectivity index (χ1) is 18.8. The molecule has 1 atom stereocenters. The number of carboxylic acids is 1. The summed E-state index contributed by atoms with van der Waals surface area (Å²) in [4.78, 5) is 50.2. The lowest BCUT2D eigenvalue weighted by molar-refractivity contribution is -0.148. The van der Waals surface area contributed by atoms with E-state index >= 15 is 0 Å². The van der Waals surface area contributed by atoms with Crippen LogP contribution in [0.25, 0.3) is 21.9 Å². The fourth-order valence-corrected chi connectivity index (χ4v) is 6.03. The molecule has 9 heteroatoms. The number of aryl methyl sites for hydroxylation is 3. The van der Waals surface area contributed by atoms with Crippen molar-refractivity contribution in [3.8, 4) is 0 Å². The maximum absolute atomic E-state index is 12.7. The molecule has 1 aliphatic heterocycles. The molecule has 1 aromatic carbocycles. The molecular formula is C30H36N2O7. The molecule has 1 saturated heterocycles. The fourth-order valence-electron chi connectivity index (χ4n) is 6.03. The average Bonchev–Trinajstić information content (AvgIpc) is 3.54. The van der Waals surface area contributed by atoms with E-state index in [-0.39, 0.29) is 18.2 Å². The lowest BCUT2D eigenvalue weighted by atomic mass is 9.94. The Morgan fingerprint density at radius 2 is 1.79 bits per heavy atom. The molecule has 0 spiro atoms. The number of nitrogens with zero attached hydrogens (tertiary/aromatic N) is 1. The second-order valence-corrected chi connectivity index (χ2v) is 10.8. The van der Waals surface area contributed by atoms with E-state index in [1.807, 2.05) is 13.0 Å². The van der Waals surface area contributed by atoms with Crippen molar-refractivity contribution in [3.05, 3.63) is 45.0 Å². The molecule has 2 N–H and O–H groups in total. The number of hydrogen-bond donors (Lipinski definition) is 2. The van der Waals surface area contributed by atoms with E-state index in [0.717, 1.165) is 72.6 Å². The van der Waals surface area contributed by atoms with E-state index < -0.39 is 17.6 Å². The van der Waals surface area contributed by atoms with Crippen LogP contribution >= 0.6 is 0 Å². The molecule has 1 fully saturated rings. The van der Waals surface area contributed by atoms with Gasteiger partial charge in [0.15, 0.2) is 0 Å². The van der Waals surface area contributed by atoms with Crippen molar-refractivity contribution in [2.24, 2.45) is 0 Å². The Labute approximate surface area is 226 Å². The summed E-state index contributed by atoms with van der Waals surface area (Å²) in [6, 6.07) is 3.19. The van der Waals surface area contributed by atoms with Crippen LogP contribution < -0.4 is 10.9 Å². The van der Waals surface area contributed by atoms with Crippen molar-refractivity contribution in [2.75, 3.05) is 13.1 Å². The normalized spacial score (nSPS) is 17.1. The highest BCUT2D eigenvalue weighted by Gasteiger charge is 2.33. The zero-order valence-corrected chi connectivity index (χ0v) is 22.5. The highest BCUT2D eigenvalue weighted by molar-refractivity contribution is 5.97. The Morgan fingerprint density at radius 3 is 2.62 bits per heavy atom. The molecule has 208 valence electrons. The third-order valence-corrected chi connectivity index (χ3v) is 8.21. The number of carbonyl (C=O) groups excluding carboxylic acids is 2. The number of carboxylic acid groups (broad SMARTS) is 1. The van der Waals surface area contributed by atoms with Gasteiger partial charge in [-0.15, -0.1) is 0 Å². The molecule has 2 aliphatic rings. The maximum atomic E-state index is 12.7. The van der Waals surface area contributed by atoms with Gasteiger partial charge in [0, 0.05) is 60.3 Å². The van der Waals surface area contributed by atoms with Crippen LogP contribution in [0, 0.1) is 6.92 Å². The van der Waals surface area contributed by atoms with Gasteiger partial charge >= 0.3 is 11.6 Å². The molecule has 0 radical (unpaired) electrons. The van der Waals surface area contributed by atoms with Gasteiger partial charge in [0.2, 0.25) is 11.8 Å². The average molecular weight is 537 g/mol. The van der Waals surface area contributed by atoms with Crippen molar-refractivity contribution < 1.29 is 28.3 Å². The van der Waals surface area contributed by atoms with Gasteiger partial charge in [-0.25, -0.2) is 9.59 Å². The lowest BCUT2D eigenvalue weighted by Gasteiger charge is -2.21. The van der Waals surface area contributed by atoms with Crippen molar-refractivity contribution >= 4 is 39.7 Å². The van der Waals surface area contributed by atoms with Gasteiger partial charge in [-0.2, -0.15) is 0 Å². The number of likely N-dealkylation sites (tertiary alicyclic amines) is 1. The Morgan fingerprint density at radius 1 is 1.00 bits per heavy atom. The van der Waals surface area contributed by atoms with E-state index in [9.17, 15) is 24.3 Å². The van der Waals surface area contributed by atoms with Crippen LogP contribution in [-0.2, 0) is 33.6 Å². The third kappa shape index (κ3) is 5.72. The molecule has 5 rings (SSSR count). The second kappa shape index (κ2) is 11.6. The van der Waals surface area contributed by atoms with E-state index in [2.05, 4.69) is 11.4 Å². The monoisotopic (exact) mass is 536 g/mol. The van der Waals surface area contributed by atoms with E-state index in [1.165, 1.54) is 10.5 Å². The first-order valence-corrected chi connectivity index (χ1v) is 14.1. The van der Waals surface area contributed by atoms with Crippen LogP contribution in [0.3, 0.4) is 0 Å². The molecule has 0 bridgehead atoms. The summed E-state index contributed by atoms with van der Waals surface area (Å²) in [6.07, 6.45) is 8.40. The quantitative estimate of drug-likeness (QED) is 0.290. The standard InChI is InChI=1S/C30H36N2O7/c1-18-19(30(37)39-25-17-26-22(16-21(18)25)20-8-4-5-10-24(20)38-26)12-13-27(33)31-14-6-2-3-11-28(34)32-15-7-9-23(32)29(35)36/h16-17,23H,2-15H2,1H3,(H,31,33)(H,35,36)/t23-/m0/s1. The molecule has 2 aromatic heterocycles. The number of hydrogen-bond acceptors (Lipinski definition) is 6. The molecule has 0 unspecified atom stereocenters. The predicted octanol–water partition coefficient (Wildman–Crippen LogP) is 4.41. The summed E-state index contributed by atoms with van der Waals surface area (Å²) in [5.74, 6) is -0.143. The highest BCUT2D eigenvalue weighted by Crippen LogP contribution is 2.35. The SMILES string of the molecule is Cc1c(CCC(=O)NCCCCCC(=O)N2CCC[C@H]2C(=O)O)c(=O)oc2cc3oc4c(c3cc12)CCCC4. The van der Waals surface area contributed by atoms with Crippen molar-refractivity contribution in [3.63, 3.8) is 0 Å². The number of nitrogens with one attached hydrogen (secondary N) is 1. The summed E-state index contributed by atoms with van der Waals surface area (Å²) in [7, 11) is 0. The van der Waals surface area contributed by atoms with E-state index in [1.54, 1.807) is 0 Å². The van der Waals surface area contributed by atoms with Crippen molar-refractivity contribution in [2.45, 2.75) is 90.0 Å². The Balaban J connectivity index is 1.10. The van der Waals surface area contributed by atoms with Gasteiger partial charge in [0.05, 0.1) is 0 Å². The van der Waals surface area contributed by atoms with E-state index in [0.29, 0.717) is 49.9 Å². The van der Waals surface area contributed by atoms with Crippen LogP contribution in [0.2, 0.25) is 0 Å². The zero-order valence-electron chi connectivity index (χ0n) is 22.5. The smallest absolute Gasteiger partial charge is 0.339 e. The second-order valence-electron chi connectivity index (χ2n) is 10.8. The lowest BCUT2D eigenvalue weighted by Crippen LogP contribution is -2.40. The van der Waals surface area contributed by atoms with Crippen molar-refractivity contribution in [1.82, 2.24) is 10.2 Å². The number of amides is 2. The first kappa shape index (κ1) is 27.0. The summed E-state index contributed by atoms with van der Waals surface area (Å²) in [5.41, 5.74) is 3.47. The number of rotatable bonds is 10. The number of aliphatic carboxylic acids is 1.